The van der Waals surface area contributed by atoms with Crippen LogP contribution in [0, 0.1) is 11.7 Å². The van der Waals surface area contributed by atoms with Crippen LogP contribution in [-0.4, -0.2) is 32.7 Å². The molecule has 1 fully saturated rings. The van der Waals surface area contributed by atoms with Gasteiger partial charge >= 0.3 is 0 Å². The number of nitrogens with zero attached hydrogens (tertiary/aromatic N) is 1. The van der Waals surface area contributed by atoms with Crippen molar-refractivity contribution in [3.8, 4) is 0 Å². The number of aliphatic imine (C=N–C) groups is 1. The van der Waals surface area contributed by atoms with Gasteiger partial charge in [-0.3, -0.25) is 4.99 Å². The van der Waals surface area contributed by atoms with Crippen molar-refractivity contribution in [2.75, 3.05) is 26.7 Å². The van der Waals surface area contributed by atoms with Crippen LogP contribution in [0.1, 0.15) is 30.1 Å². The van der Waals surface area contributed by atoms with Gasteiger partial charge in [-0.15, -0.1) is 0 Å². The SMILES string of the molecule is CN=C(NCCc1cccc(F)c1)NCC1CCCOC1c1ccccc1. The molecule has 5 heteroatoms. The lowest BCUT2D eigenvalue weighted by Crippen LogP contribution is -2.42. The Morgan fingerprint density at radius 2 is 2.00 bits per heavy atom. The molecule has 0 spiro atoms. The van der Waals surface area contributed by atoms with Crippen LogP contribution in [0.2, 0.25) is 0 Å². The van der Waals surface area contributed by atoms with Crippen molar-refractivity contribution in [1.29, 1.82) is 0 Å². The van der Waals surface area contributed by atoms with Gasteiger partial charge in [0.2, 0.25) is 0 Å². The van der Waals surface area contributed by atoms with Gasteiger partial charge in [-0.05, 0) is 42.5 Å². The molecular weight excluding hydrogens is 341 g/mol. The molecule has 0 saturated carbocycles. The first-order valence-corrected chi connectivity index (χ1v) is 9.62. The first kappa shape index (κ1) is 19.4. The Bertz CT molecular complexity index is 735. The van der Waals surface area contributed by atoms with Crippen molar-refractivity contribution in [1.82, 2.24) is 10.6 Å². The summed E-state index contributed by atoms with van der Waals surface area (Å²) in [6.07, 6.45) is 3.09. The Balaban J connectivity index is 1.49. The van der Waals surface area contributed by atoms with Crippen LogP contribution in [0.3, 0.4) is 0 Å². The predicted molar refractivity (Wildman–Crippen MR) is 107 cm³/mol. The minimum absolute atomic E-state index is 0.123. The molecule has 1 aliphatic heterocycles. The number of hydrogen-bond acceptors (Lipinski definition) is 2. The molecule has 0 bridgehead atoms. The molecule has 1 aliphatic rings. The third kappa shape index (κ3) is 5.79. The second-order valence-electron chi connectivity index (χ2n) is 6.86. The van der Waals surface area contributed by atoms with Gasteiger partial charge in [0.05, 0.1) is 6.10 Å². The average molecular weight is 369 g/mol. The van der Waals surface area contributed by atoms with E-state index >= 15 is 0 Å². The van der Waals surface area contributed by atoms with Crippen LogP contribution >= 0.6 is 0 Å². The zero-order chi connectivity index (χ0) is 18.9. The van der Waals surface area contributed by atoms with Gasteiger partial charge in [0, 0.05) is 32.7 Å². The molecule has 0 radical (unpaired) electrons. The maximum atomic E-state index is 13.3. The second-order valence-corrected chi connectivity index (χ2v) is 6.86. The van der Waals surface area contributed by atoms with Crippen LogP contribution in [0.4, 0.5) is 4.39 Å². The molecular formula is C22H28FN3O. The largest absolute Gasteiger partial charge is 0.373 e. The molecule has 3 rings (SSSR count). The van der Waals surface area contributed by atoms with E-state index in [1.54, 1.807) is 19.2 Å². The van der Waals surface area contributed by atoms with E-state index in [-0.39, 0.29) is 11.9 Å². The summed E-state index contributed by atoms with van der Waals surface area (Å²) in [4.78, 5) is 4.30. The minimum atomic E-state index is -0.195. The van der Waals surface area contributed by atoms with E-state index in [0.717, 1.165) is 43.9 Å². The Morgan fingerprint density at radius 3 is 2.78 bits per heavy atom. The summed E-state index contributed by atoms with van der Waals surface area (Å²) >= 11 is 0. The Kier molecular flexibility index (Phi) is 7.22. The Morgan fingerprint density at radius 1 is 1.15 bits per heavy atom. The summed E-state index contributed by atoms with van der Waals surface area (Å²) in [5.74, 6) is 0.978. The van der Waals surface area contributed by atoms with E-state index in [1.807, 2.05) is 12.1 Å². The molecule has 2 aromatic carbocycles. The second kappa shape index (κ2) is 10.1. The molecule has 1 heterocycles. The molecule has 2 unspecified atom stereocenters. The fourth-order valence-electron chi connectivity index (χ4n) is 3.53. The van der Waals surface area contributed by atoms with E-state index in [9.17, 15) is 4.39 Å². The van der Waals surface area contributed by atoms with Gasteiger partial charge in [0.1, 0.15) is 5.82 Å². The third-order valence-electron chi connectivity index (χ3n) is 4.92. The zero-order valence-corrected chi connectivity index (χ0v) is 15.8. The van der Waals surface area contributed by atoms with E-state index in [0.29, 0.717) is 12.5 Å². The molecule has 0 amide bonds. The first-order chi connectivity index (χ1) is 13.3. The van der Waals surface area contributed by atoms with Gasteiger partial charge in [0.15, 0.2) is 5.96 Å². The highest BCUT2D eigenvalue weighted by molar-refractivity contribution is 5.79. The zero-order valence-electron chi connectivity index (χ0n) is 15.8. The highest BCUT2D eigenvalue weighted by atomic mass is 19.1. The van der Waals surface area contributed by atoms with Gasteiger partial charge in [-0.1, -0.05) is 42.5 Å². The fraction of sp³-hybridized carbons (Fsp3) is 0.409. The van der Waals surface area contributed by atoms with Crippen LogP contribution in [0.25, 0.3) is 0 Å². The van der Waals surface area contributed by atoms with E-state index in [2.05, 4.69) is 39.9 Å². The molecule has 0 aliphatic carbocycles. The number of nitrogens with one attached hydrogen (secondary N) is 2. The van der Waals surface area contributed by atoms with Crippen molar-refractivity contribution < 1.29 is 9.13 Å². The molecule has 27 heavy (non-hydrogen) atoms. The highest BCUT2D eigenvalue weighted by Crippen LogP contribution is 2.32. The quantitative estimate of drug-likeness (QED) is 0.603. The topological polar surface area (TPSA) is 45.7 Å². The average Bonchev–Trinajstić information content (AvgIpc) is 2.71. The fourth-order valence-corrected chi connectivity index (χ4v) is 3.53. The predicted octanol–water partition coefficient (Wildman–Crippen LogP) is 3.70. The molecule has 2 N–H and O–H groups in total. The monoisotopic (exact) mass is 369 g/mol. The first-order valence-electron chi connectivity index (χ1n) is 9.62. The van der Waals surface area contributed by atoms with Crippen molar-refractivity contribution in [2.24, 2.45) is 10.9 Å². The summed E-state index contributed by atoms with van der Waals surface area (Å²) in [7, 11) is 1.77. The van der Waals surface area contributed by atoms with Gasteiger partial charge in [0.25, 0.3) is 0 Å². The number of benzene rings is 2. The van der Waals surface area contributed by atoms with E-state index < -0.39 is 0 Å². The number of ether oxygens (including phenoxy) is 1. The third-order valence-corrected chi connectivity index (χ3v) is 4.92. The van der Waals surface area contributed by atoms with E-state index in [4.69, 9.17) is 4.74 Å². The molecule has 4 nitrogen and oxygen atoms in total. The minimum Gasteiger partial charge on any atom is -0.373 e. The van der Waals surface area contributed by atoms with Crippen molar-refractivity contribution in [2.45, 2.75) is 25.4 Å². The van der Waals surface area contributed by atoms with E-state index in [1.165, 1.54) is 11.6 Å². The normalized spacial score (nSPS) is 20.3. The number of guanidine groups is 1. The maximum Gasteiger partial charge on any atom is 0.190 e. The lowest BCUT2D eigenvalue weighted by atomic mass is 9.89. The van der Waals surface area contributed by atoms with Crippen LogP contribution < -0.4 is 10.6 Å². The summed E-state index contributed by atoms with van der Waals surface area (Å²) < 4.78 is 19.3. The molecule has 0 aromatic heterocycles. The summed E-state index contributed by atoms with van der Waals surface area (Å²) in [6.45, 7) is 2.32. The molecule has 2 atom stereocenters. The lowest BCUT2D eigenvalue weighted by molar-refractivity contribution is -0.0265. The number of hydrogen-bond donors (Lipinski definition) is 2. The Hall–Kier alpha value is -2.40. The molecule has 2 aromatic rings. The highest BCUT2D eigenvalue weighted by Gasteiger charge is 2.27. The smallest absolute Gasteiger partial charge is 0.190 e. The lowest BCUT2D eigenvalue weighted by Gasteiger charge is -2.32. The van der Waals surface area contributed by atoms with Crippen molar-refractivity contribution in [3.63, 3.8) is 0 Å². The summed E-state index contributed by atoms with van der Waals surface area (Å²) in [6, 6.07) is 17.1. The van der Waals surface area contributed by atoms with Crippen LogP contribution in [-0.2, 0) is 11.2 Å². The summed E-state index contributed by atoms with van der Waals surface area (Å²) in [5, 5.41) is 6.73. The standard InChI is InChI=1S/C22H28FN3O/c1-24-22(25-13-12-17-7-5-11-20(23)15-17)26-16-19-10-6-14-27-21(19)18-8-3-2-4-9-18/h2-5,7-9,11,15,19,21H,6,10,12-14,16H2,1H3,(H2,24,25,26). The number of halogens is 1. The number of rotatable bonds is 6. The summed E-state index contributed by atoms with van der Waals surface area (Å²) in [5.41, 5.74) is 2.21. The Labute approximate surface area is 160 Å². The van der Waals surface area contributed by atoms with Gasteiger partial charge in [-0.2, -0.15) is 0 Å². The molecule has 144 valence electrons. The van der Waals surface area contributed by atoms with Gasteiger partial charge in [-0.25, -0.2) is 4.39 Å². The van der Waals surface area contributed by atoms with Crippen molar-refractivity contribution >= 4 is 5.96 Å². The van der Waals surface area contributed by atoms with Crippen LogP contribution in [0.5, 0.6) is 0 Å². The molecule has 1 saturated heterocycles. The van der Waals surface area contributed by atoms with Crippen LogP contribution in [0.15, 0.2) is 59.6 Å². The maximum absolute atomic E-state index is 13.3. The van der Waals surface area contributed by atoms with Crippen molar-refractivity contribution in [3.05, 3.63) is 71.5 Å². The van der Waals surface area contributed by atoms with Gasteiger partial charge < -0.3 is 15.4 Å².